The third-order valence-electron chi connectivity index (χ3n) is 6.11. The Balaban J connectivity index is 1.52. The van der Waals surface area contributed by atoms with Crippen molar-refractivity contribution >= 4 is 11.9 Å². The van der Waals surface area contributed by atoms with Gasteiger partial charge in [0.25, 0.3) is 5.56 Å². The number of likely N-dealkylation sites (tertiary alicyclic amines) is 1. The molecule has 0 aromatic carbocycles. The Kier molecular flexibility index (Phi) is 4.91. The lowest BCUT2D eigenvalue weighted by molar-refractivity contribution is -0.132. The summed E-state index contributed by atoms with van der Waals surface area (Å²) in [5, 5.41) is 0. The van der Waals surface area contributed by atoms with E-state index in [2.05, 4.69) is 30.7 Å². The third-order valence-corrected chi connectivity index (χ3v) is 6.11. The van der Waals surface area contributed by atoms with Crippen LogP contribution in [0.5, 0.6) is 0 Å². The van der Waals surface area contributed by atoms with Crippen LogP contribution >= 0.6 is 0 Å². The van der Waals surface area contributed by atoms with Crippen LogP contribution in [0, 0.1) is 23.1 Å². The van der Waals surface area contributed by atoms with Gasteiger partial charge in [0.15, 0.2) is 5.82 Å². The minimum atomic E-state index is -0.511. The predicted molar refractivity (Wildman–Crippen MR) is 112 cm³/mol. The van der Waals surface area contributed by atoms with E-state index in [9.17, 15) is 14.0 Å². The first-order valence-electron chi connectivity index (χ1n) is 10.3. The summed E-state index contributed by atoms with van der Waals surface area (Å²) < 4.78 is 15.7. The fourth-order valence-electron chi connectivity index (χ4n) is 4.54. The lowest BCUT2D eigenvalue weighted by Crippen LogP contribution is -2.39. The Bertz CT molecular complexity index is 1030. The van der Waals surface area contributed by atoms with Gasteiger partial charge in [-0.1, -0.05) is 20.8 Å². The molecule has 0 unspecified atom stereocenters. The number of hydrogen-bond acceptors (Lipinski definition) is 5. The highest BCUT2D eigenvalue weighted by molar-refractivity contribution is 5.77. The molecule has 2 aromatic heterocycles. The van der Waals surface area contributed by atoms with E-state index in [-0.39, 0.29) is 28.5 Å². The number of carbonyl (C=O) groups is 1. The molecule has 2 fully saturated rings. The molecule has 0 spiro atoms. The highest BCUT2D eigenvalue weighted by Gasteiger charge is 2.59. The van der Waals surface area contributed by atoms with E-state index < -0.39 is 5.82 Å². The zero-order chi connectivity index (χ0) is 21.8. The molecule has 4 rings (SSSR count). The number of anilines is 1. The van der Waals surface area contributed by atoms with Crippen LogP contribution in [0.25, 0.3) is 11.3 Å². The molecule has 3 atom stereocenters. The highest BCUT2D eigenvalue weighted by atomic mass is 19.1. The van der Waals surface area contributed by atoms with Gasteiger partial charge in [-0.05, 0) is 11.5 Å². The summed E-state index contributed by atoms with van der Waals surface area (Å²) >= 11 is 0. The summed E-state index contributed by atoms with van der Waals surface area (Å²) in [5.74, 6) is 0.940. The van der Waals surface area contributed by atoms with Crippen molar-refractivity contribution in [3.8, 4) is 11.3 Å². The number of hydrogen-bond donors (Lipinski definition) is 0. The maximum Gasteiger partial charge on any atom is 0.255 e. The number of aromatic nitrogens is 3. The van der Waals surface area contributed by atoms with Gasteiger partial charge in [0.1, 0.15) is 0 Å². The maximum atomic E-state index is 14.2. The van der Waals surface area contributed by atoms with Crippen molar-refractivity contribution in [1.29, 1.82) is 0 Å². The second-order valence-electron chi connectivity index (χ2n) is 9.66. The van der Waals surface area contributed by atoms with Crippen molar-refractivity contribution in [2.24, 2.45) is 24.3 Å². The van der Waals surface area contributed by atoms with Gasteiger partial charge in [0, 0.05) is 69.3 Å². The Labute approximate surface area is 175 Å². The van der Waals surface area contributed by atoms with E-state index in [4.69, 9.17) is 0 Å². The molecule has 0 N–H and O–H groups in total. The molecule has 1 amide bonds. The number of halogens is 1. The molecule has 7 nitrogen and oxygen atoms in total. The van der Waals surface area contributed by atoms with Gasteiger partial charge in [-0.3, -0.25) is 19.1 Å². The Morgan fingerprint density at radius 2 is 1.97 bits per heavy atom. The topological polar surface area (TPSA) is 71.3 Å². The lowest BCUT2D eigenvalue weighted by atomic mass is 9.91. The third kappa shape index (κ3) is 3.70. The van der Waals surface area contributed by atoms with E-state index in [1.807, 2.05) is 16.8 Å². The molecule has 2 aromatic rings. The second-order valence-corrected chi connectivity index (χ2v) is 9.66. The summed E-state index contributed by atoms with van der Waals surface area (Å²) in [5.41, 5.74) is 0.288. The summed E-state index contributed by atoms with van der Waals surface area (Å²) in [7, 11) is 3.59. The zero-order valence-corrected chi connectivity index (χ0v) is 18.1. The number of carbonyl (C=O) groups excluding carboxylic acids is 1. The first-order chi connectivity index (χ1) is 14.1. The SMILES string of the molecule is CN(c1nc(-c2ccncc2F)cc(=O)n1C)[C@H]1[C@@H]2CN(C(=O)CC(C)(C)C)C[C@@H]21. The zero-order valence-electron chi connectivity index (χ0n) is 18.1. The van der Waals surface area contributed by atoms with Gasteiger partial charge in [-0.2, -0.15) is 0 Å². The molecule has 3 heterocycles. The first-order valence-corrected chi connectivity index (χ1v) is 10.3. The summed E-state index contributed by atoms with van der Waals surface area (Å²) in [6.45, 7) is 7.69. The molecule has 0 radical (unpaired) electrons. The van der Waals surface area contributed by atoms with Crippen LogP contribution in [0.2, 0.25) is 0 Å². The van der Waals surface area contributed by atoms with Gasteiger partial charge in [0.2, 0.25) is 11.9 Å². The highest BCUT2D eigenvalue weighted by Crippen LogP contribution is 2.49. The molecule has 8 heteroatoms. The Morgan fingerprint density at radius 1 is 1.30 bits per heavy atom. The average molecular weight is 413 g/mol. The molecule has 1 aliphatic carbocycles. The average Bonchev–Trinajstić information content (AvgIpc) is 3.15. The van der Waals surface area contributed by atoms with Crippen LogP contribution in [0.1, 0.15) is 27.2 Å². The van der Waals surface area contributed by atoms with Gasteiger partial charge in [-0.25, -0.2) is 9.37 Å². The van der Waals surface area contributed by atoms with Crippen molar-refractivity contribution in [2.75, 3.05) is 25.0 Å². The van der Waals surface area contributed by atoms with Crippen molar-refractivity contribution in [2.45, 2.75) is 33.2 Å². The largest absolute Gasteiger partial charge is 0.342 e. The predicted octanol–water partition coefficient (Wildman–Crippen LogP) is 2.31. The van der Waals surface area contributed by atoms with Gasteiger partial charge < -0.3 is 9.80 Å². The molecule has 1 saturated heterocycles. The van der Waals surface area contributed by atoms with E-state index >= 15 is 0 Å². The monoisotopic (exact) mass is 413 g/mol. The number of pyridine rings is 1. The van der Waals surface area contributed by atoms with E-state index in [0.717, 1.165) is 19.3 Å². The Morgan fingerprint density at radius 3 is 2.57 bits per heavy atom. The van der Waals surface area contributed by atoms with Gasteiger partial charge in [0.05, 0.1) is 11.9 Å². The number of rotatable bonds is 4. The van der Waals surface area contributed by atoms with Crippen LogP contribution in [-0.4, -0.2) is 51.5 Å². The van der Waals surface area contributed by atoms with Crippen molar-refractivity contribution in [1.82, 2.24) is 19.4 Å². The number of piperidine rings is 1. The van der Waals surface area contributed by atoms with E-state index in [0.29, 0.717) is 29.9 Å². The molecule has 0 bridgehead atoms. The van der Waals surface area contributed by atoms with Gasteiger partial charge >= 0.3 is 0 Å². The normalized spacial score (nSPS) is 22.7. The van der Waals surface area contributed by atoms with E-state index in [1.54, 1.807) is 7.05 Å². The summed E-state index contributed by atoms with van der Waals surface area (Å²) in [4.78, 5) is 37.4. The minimum Gasteiger partial charge on any atom is -0.342 e. The number of nitrogens with zero attached hydrogens (tertiary/aromatic N) is 5. The number of fused-ring (bicyclic) bond motifs is 1. The first kappa shape index (κ1) is 20.5. The van der Waals surface area contributed by atoms with Crippen LogP contribution in [0.15, 0.2) is 29.3 Å². The summed E-state index contributed by atoms with van der Waals surface area (Å²) in [6.07, 6.45) is 3.14. The molecule has 30 heavy (non-hydrogen) atoms. The molecule has 160 valence electrons. The fraction of sp³-hybridized carbons (Fsp3) is 0.545. The quantitative estimate of drug-likeness (QED) is 0.769. The van der Waals surface area contributed by atoms with Crippen molar-refractivity contribution in [3.05, 3.63) is 40.7 Å². The standard InChI is InChI=1S/C22H28FN5O2/c1-22(2,3)9-19(30)28-11-14-15(12-28)20(14)27(5)21-25-17(8-18(29)26(21)4)13-6-7-24-10-16(13)23/h6-8,10,14-15,20H,9,11-12H2,1-5H3/t14-,15+,20+. The van der Waals surface area contributed by atoms with Crippen LogP contribution in [-0.2, 0) is 11.8 Å². The molecule has 1 saturated carbocycles. The smallest absolute Gasteiger partial charge is 0.255 e. The second kappa shape index (κ2) is 7.18. The minimum absolute atomic E-state index is 0.0229. The van der Waals surface area contributed by atoms with Gasteiger partial charge in [-0.15, -0.1) is 0 Å². The molecular formula is C22H28FN5O2. The Hall–Kier alpha value is -2.77. The molecular weight excluding hydrogens is 385 g/mol. The summed E-state index contributed by atoms with van der Waals surface area (Å²) in [6, 6.07) is 3.08. The van der Waals surface area contributed by atoms with Crippen LogP contribution in [0.3, 0.4) is 0 Å². The molecule has 2 aliphatic rings. The molecule has 1 aliphatic heterocycles. The fourth-order valence-corrected chi connectivity index (χ4v) is 4.54. The van der Waals surface area contributed by atoms with E-state index in [1.165, 1.54) is 22.9 Å². The van der Waals surface area contributed by atoms with Crippen molar-refractivity contribution < 1.29 is 9.18 Å². The van der Waals surface area contributed by atoms with Crippen molar-refractivity contribution in [3.63, 3.8) is 0 Å². The lowest BCUT2D eigenvalue weighted by Gasteiger charge is -2.28. The maximum absolute atomic E-state index is 14.2. The van der Waals surface area contributed by atoms with Crippen LogP contribution < -0.4 is 10.5 Å². The number of amides is 1. The van der Waals surface area contributed by atoms with Crippen LogP contribution in [0.4, 0.5) is 10.3 Å².